The molecule has 4 rings (SSSR count). The fourth-order valence-electron chi connectivity index (χ4n) is 3.38. The van der Waals surface area contributed by atoms with Crippen LogP contribution >= 0.6 is 11.8 Å². The van der Waals surface area contributed by atoms with Gasteiger partial charge in [0.15, 0.2) is 6.61 Å². The van der Waals surface area contributed by atoms with Crippen LogP contribution in [0.15, 0.2) is 58.2 Å². The van der Waals surface area contributed by atoms with Crippen molar-refractivity contribution in [3.8, 4) is 5.75 Å². The molecule has 1 aromatic heterocycles. The second-order valence-electron chi connectivity index (χ2n) is 7.05. The van der Waals surface area contributed by atoms with Gasteiger partial charge in [-0.3, -0.25) is 4.79 Å². The highest BCUT2D eigenvalue weighted by Gasteiger charge is 2.28. The molecule has 29 heavy (non-hydrogen) atoms. The zero-order chi connectivity index (χ0) is 20.2. The number of aryl methyl sites for hydroxylation is 2. The summed E-state index contributed by atoms with van der Waals surface area (Å²) in [5, 5.41) is 8.13. The molecule has 0 fully saturated rings. The van der Waals surface area contributed by atoms with Crippen molar-refractivity contribution in [1.29, 1.82) is 0 Å². The number of hydrogen-bond donors (Lipinski definition) is 0. The van der Waals surface area contributed by atoms with Crippen molar-refractivity contribution in [2.45, 2.75) is 43.8 Å². The number of rotatable bonds is 6. The Morgan fingerprint density at radius 1 is 1.24 bits per heavy atom. The molecule has 0 saturated heterocycles. The summed E-state index contributed by atoms with van der Waals surface area (Å²) in [6.45, 7) is 4.81. The number of ether oxygens (including phenoxy) is 1. The van der Waals surface area contributed by atoms with Crippen LogP contribution in [0.4, 0.5) is 5.69 Å². The standard InChI is InChI=1S/C22H23N3O3S/c1-15-7-5-10-18(13-15)27-14-20-23-24-22(28-20)29-16(2)21(26)25-12-6-9-17-8-3-4-11-19(17)25/h3-5,7-8,10-11,13,16H,6,9,12,14H2,1-2H3. The molecule has 150 valence electrons. The van der Waals surface area contributed by atoms with Crippen molar-refractivity contribution in [3.05, 3.63) is 65.5 Å². The molecule has 0 saturated carbocycles. The number of nitrogens with zero attached hydrogens (tertiary/aromatic N) is 3. The normalized spacial score (nSPS) is 14.3. The van der Waals surface area contributed by atoms with E-state index >= 15 is 0 Å². The van der Waals surface area contributed by atoms with E-state index in [1.165, 1.54) is 17.3 Å². The van der Waals surface area contributed by atoms with Crippen LogP contribution in [0.2, 0.25) is 0 Å². The van der Waals surface area contributed by atoms with E-state index in [4.69, 9.17) is 9.15 Å². The lowest BCUT2D eigenvalue weighted by Crippen LogP contribution is -2.40. The Hall–Kier alpha value is -2.80. The molecule has 0 N–H and O–H groups in total. The summed E-state index contributed by atoms with van der Waals surface area (Å²) in [7, 11) is 0. The summed E-state index contributed by atoms with van der Waals surface area (Å²) in [6, 6.07) is 15.9. The van der Waals surface area contributed by atoms with E-state index in [1.807, 2.05) is 61.2 Å². The first-order valence-corrected chi connectivity index (χ1v) is 10.6. The largest absolute Gasteiger partial charge is 0.484 e. The molecular formula is C22H23N3O3S. The average Bonchev–Trinajstić information content (AvgIpc) is 3.18. The van der Waals surface area contributed by atoms with Crippen LogP contribution in [0.5, 0.6) is 5.75 Å². The second-order valence-corrected chi connectivity index (χ2v) is 8.34. The number of fused-ring (bicyclic) bond motifs is 1. The van der Waals surface area contributed by atoms with Crippen LogP contribution in [-0.2, 0) is 17.8 Å². The minimum atomic E-state index is -0.327. The third kappa shape index (κ3) is 4.62. The van der Waals surface area contributed by atoms with Gasteiger partial charge in [-0.2, -0.15) is 0 Å². The summed E-state index contributed by atoms with van der Waals surface area (Å²) in [5.41, 5.74) is 3.35. The van der Waals surface area contributed by atoms with Gasteiger partial charge < -0.3 is 14.1 Å². The maximum Gasteiger partial charge on any atom is 0.277 e. The van der Waals surface area contributed by atoms with Gasteiger partial charge in [-0.25, -0.2) is 0 Å². The number of thioether (sulfide) groups is 1. The highest BCUT2D eigenvalue weighted by atomic mass is 32.2. The molecule has 6 nitrogen and oxygen atoms in total. The minimum absolute atomic E-state index is 0.0536. The van der Waals surface area contributed by atoms with Gasteiger partial charge in [-0.05, 0) is 56.0 Å². The topological polar surface area (TPSA) is 68.5 Å². The van der Waals surface area contributed by atoms with Gasteiger partial charge in [0.2, 0.25) is 5.91 Å². The quantitative estimate of drug-likeness (QED) is 0.562. The third-order valence-electron chi connectivity index (χ3n) is 4.80. The van der Waals surface area contributed by atoms with E-state index in [0.717, 1.165) is 36.4 Å². The number of para-hydroxylation sites is 1. The molecule has 1 unspecified atom stereocenters. The van der Waals surface area contributed by atoms with Crippen molar-refractivity contribution < 1.29 is 13.9 Å². The van der Waals surface area contributed by atoms with Crippen molar-refractivity contribution in [1.82, 2.24) is 10.2 Å². The SMILES string of the molecule is Cc1cccc(OCc2nnc(SC(C)C(=O)N3CCCc4ccccc43)o2)c1. The molecule has 1 aliphatic heterocycles. The molecule has 3 aromatic rings. The highest BCUT2D eigenvalue weighted by molar-refractivity contribution is 8.00. The Labute approximate surface area is 174 Å². The first-order valence-electron chi connectivity index (χ1n) is 9.68. The molecular weight excluding hydrogens is 386 g/mol. The van der Waals surface area contributed by atoms with Crippen molar-refractivity contribution in [3.63, 3.8) is 0 Å². The molecule has 1 aliphatic rings. The van der Waals surface area contributed by atoms with Gasteiger partial charge in [0.1, 0.15) is 5.75 Å². The van der Waals surface area contributed by atoms with E-state index < -0.39 is 0 Å². The van der Waals surface area contributed by atoms with Crippen LogP contribution in [0.3, 0.4) is 0 Å². The third-order valence-corrected chi connectivity index (χ3v) is 5.72. The first kappa shape index (κ1) is 19.5. The number of carbonyl (C=O) groups is 1. The van der Waals surface area contributed by atoms with Gasteiger partial charge >= 0.3 is 0 Å². The fraction of sp³-hybridized carbons (Fsp3) is 0.318. The van der Waals surface area contributed by atoms with Crippen molar-refractivity contribution in [2.75, 3.05) is 11.4 Å². The predicted molar refractivity (Wildman–Crippen MR) is 112 cm³/mol. The number of amides is 1. The zero-order valence-electron chi connectivity index (χ0n) is 16.5. The van der Waals surface area contributed by atoms with Gasteiger partial charge in [-0.1, -0.05) is 42.1 Å². The predicted octanol–water partition coefficient (Wildman–Crippen LogP) is 4.42. The Morgan fingerprint density at radius 2 is 2.10 bits per heavy atom. The number of carbonyl (C=O) groups excluding carboxylic acids is 1. The summed E-state index contributed by atoms with van der Waals surface area (Å²) in [5.74, 6) is 1.19. The molecule has 1 atom stereocenters. The molecule has 0 radical (unpaired) electrons. The maximum absolute atomic E-state index is 13.0. The lowest BCUT2D eigenvalue weighted by molar-refractivity contribution is -0.117. The van der Waals surface area contributed by atoms with Gasteiger partial charge in [0.05, 0.1) is 5.25 Å². The molecule has 0 aliphatic carbocycles. The lowest BCUT2D eigenvalue weighted by Gasteiger charge is -2.31. The first-order chi connectivity index (χ1) is 14.1. The van der Waals surface area contributed by atoms with Crippen molar-refractivity contribution in [2.24, 2.45) is 0 Å². The van der Waals surface area contributed by atoms with E-state index in [1.54, 1.807) is 0 Å². The van der Waals surface area contributed by atoms with Crippen LogP contribution < -0.4 is 9.64 Å². The maximum atomic E-state index is 13.0. The van der Waals surface area contributed by atoms with E-state index in [0.29, 0.717) is 11.1 Å². The number of aromatic nitrogens is 2. The zero-order valence-corrected chi connectivity index (χ0v) is 17.3. The molecule has 0 bridgehead atoms. The summed E-state index contributed by atoms with van der Waals surface area (Å²) in [6.07, 6.45) is 1.98. The molecule has 0 spiro atoms. The van der Waals surface area contributed by atoms with E-state index in [2.05, 4.69) is 16.3 Å². The van der Waals surface area contributed by atoms with Gasteiger partial charge in [0.25, 0.3) is 11.1 Å². The number of anilines is 1. The van der Waals surface area contributed by atoms with Crippen LogP contribution in [-0.4, -0.2) is 27.9 Å². The smallest absolute Gasteiger partial charge is 0.277 e. The average molecular weight is 410 g/mol. The van der Waals surface area contributed by atoms with Crippen LogP contribution in [0.25, 0.3) is 0 Å². The molecule has 7 heteroatoms. The van der Waals surface area contributed by atoms with Crippen molar-refractivity contribution >= 4 is 23.4 Å². The Bertz CT molecular complexity index is 1000. The Balaban J connectivity index is 1.37. The minimum Gasteiger partial charge on any atom is -0.484 e. The van der Waals surface area contributed by atoms with E-state index in [9.17, 15) is 4.79 Å². The number of benzene rings is 2. The summed E-state index contributed by atoms with van der Waals surface area (Å²) >= 11 is 1.28. The molecule has 2 aromatic carbocycles. The van der Waals surface area contributed by atoms with E-state index in [-0.39, 0.29) is 17.8 Å². The van der Waals surface area contributed by atoms with Crippen LogP contribution in [0.1, 0.15) is 30.4 Å². The number of hydrogen-bond acceptors (Lipinski definition) is 6. The summed E-state index contributed by atoms with van der Waals surface area (Å²) < 4.78 is 11.4. The second kappa shape index (κ2) is 8.69. The highest BCUT2D eigenvalue weighted by Crippen LogP contribution is 2.30. The van der Waals surface area contributed by atoms with Crippen LogP contribution in [0, 0.1) is 6.92 Å². The monoisotopic (exact) mass is 409 g/mol. The Morgan fingerprint density at radius 3 is 2.97 bits per heavy atom. The fourth-order valence-corrected chi connectivity index (χ4v) is 4.14. The molecule has 2 heterocycles. The lowest BCUT2D eigenvalue weighted by atomic mass is 10.0. The summed E-state index contributed by atoms with van der Waals surface area (Å²) in [4.78, 5) is 14.9. The molecule has 1 amide bonds. The van der Waals surface area contributed by atoms with Gasteiger partial charge in [-0.15, -0.1) is 10.2 Å². The van der Waals surface area contributed by atoms with Gasteiger partial charge in [0, 0.05) is 12.2 Å². The Kier molecular flexibility index (Phi) is 5.85.